The minimum Gasteiger partial charge on any atom is -0.508 e. The fourth-order valence-electron chi connectivity index (χ4n) is 3.33. The molecule has 0 bridgehead atoms. The maximum atomic E-state index is 10.2. The number of nitrogens with one attached hydrogen (secondary N) is 1. The fraction of sp³-hybridized carbons (Fsp3) is 0.647. The lowest BCUT2D eigenvalue weighted by Crippen LogP contribution is -2.42. The number of piperidine rings is 1. The molecule has 2 N–H and O–H groups in total. The number of hydrogen-bond donors (Lipinski definition) is 2. The SMILES string of the molecule is CNCCC1CCCCN1C(C)c1cc(OC)ccc1O. The number of phenols is 1. The van der Waals surface area contributed by atoms with E-state index in [4.69, 9.17) is 4.74 Å². The van der Waals surface area contributed by atoms with Crippen LogP contribution in [0, 0.1) is 0 Å². The van der Waals surface area contributed by atoms with E-state index in [0.29, 0.717) is 11.8 Å². The largest absolute Gasteiger partial charge is 0.508 e. The van der Waals surface area contributed by atoms with Crippen molar-refractivity contribution in [2.45, 2.75) is 44.7 Å². The van der Waals surface area contributed by atoms with E-state index in [9.17, 15) is 5.11 Å². The molecule has 4 heteroatoms. The van der Waals surface area contributed by atoms with Crippen molar-refractivity contribution in [2.75, 3.05) is 27.2 Å². The molecule has 2 atom stereocenters. The average Bonchev–Trinajstić information content (AvgIpc) is 2.53. The average molecular weight is 292 g/mol. The van der Waals surface area contributed by atoms with Gasteiger partial charge in [0.2, 0.25) is 0 Å². The summed E-state index contributed by atoms with van der Waals surface area (Å²) in [5.74, 6) is 1.17. The molecule has 0 amide bonds. The van der Waals surface area contributed by atoms with Gasteiger partial charge in [-0.15, -0.1) is 0 Å². The second-order valence-electron chi connectivity index (χ2n) is 5.88. The summed E-state index contributed by atoms with van der Waals surface area (Å²) in [6.07, 6.45) is 4.95. The zero-order chi connectivity index (χ0) is 15.2. The van der Waals surface area contributed by atoms with Crippen LogP contribution < -0.4 is 10.1 Å². The van der Waals surface area contributed by atoms with E-state index in [0.717, 1.165) is 30.8 Å². The zero-order valence-corrected chi connectivity index (χ0v) is 13.4. The fourth-order valence-corrected chi connectivity index (χ4v) is 3.33. The first-order valence-corrected chi connectivity index (χ1v) is 7.94. The summed E-state index contributed by atoms with van der Waals surface area (Å²) < 4.78 is 5.30. The molecule has 1 aliphatic heterocycles. The van der Waals surface area contributed by atoms with Crippen LogP contribution in [-0.2, 0) is 0 Å². The van der Waals surface area contributed by atoms with E-state index in [-0.39, 0.29) is 6.04 Å². The summed E-state index contributed by atoms with van der Waals surface area (Å²) in [5, 5.41) is 13.4. The Bertz CT molecular complexity index is 450. The Morgan fingerprint density at radius 1 is 1.43 bits per heavy atom. The lowest BCUT2D eigenvalue weighted by molar-refractivity contribution is 0.0957. The van der Waals surface area contributed by atoms with Crippen LogP contribution in [0.3, 0.4) is 0 Å². The van der Waals surface area contributed by atoms with E-state index in [2.05, 4.69) is 17.1 Å². The highest BCUT2D eigenvalue weighted by molar-refractivity contribution is 5.41. The van der Waals surface area contributed by atoms with Crippen molar-refractivity contribution in [1.29, 1.82) is 0 Å². The number of phenolic OH excluding ortho intramolecular Hbond substituents is 1. The molecular weight excluding hydrogens is 264 g/mol. The quantitative estimate of drug-likeness (QED) is 0.846. The lowest BCUT2D eigenvalue weighted by Gasteiger charge is -2.40. The summed E-state index contributed by atoms with van der Waals surface area (Å²) in [6, 6.07) is 6.30. The van der Waals surface area contributed by atoms with Crippen LogP contribution in [0.4, 0.5) is 0 Å². The number of hydrogen-bond acceptors (Lipinski definition) is 4. The van der Waals surface area contributed by atoms with Gasteiger partial charge >= 0.3 is 0 Å². The van der Waals surface area contributed by atoms with Crippen molar-refractivity contribution < 1.29 is 9.84 Å². The Kier molecular flexibility index (Phi) is 5.88. The number of benzene rings is 1. The van der Waals surface area contributed by atoms with Crippen LogP contribution in [0.1, 0.15) is 44.2 Å². The molecule has 1 saturated heterocycles. The van der Waals surface area contributed by atoms with E-state index in [1.54, 1.807) is 19.2 Å². The van der Waals surface area contributed by atoms with Gasteiger partial charge in [0.25, 0.3) is 0 Å². The number of methoxy groups -OCH3 is 1. The van der Waals surface area contributed by atoms with Crippen LogP contribution in [0.25, 0.3) is 0 Å². The maximum Gasteiger partial charge on any atom is 0.120 e. The van der Waals surface area contributed by atoms with E-state index in [1.165, 1.54) is 19.3 Å². The summed E-state index contributed by atoms with van der Waals surface area (Å²) in [6.45, 7) is 4.33. The predicted molar refractivity (Wildman–Crippen MR) is 86.0 cm³/mol. The highest BCUT2D eigenvalue weighted by Gasteiger charge is 2.28. The first kappa shape index (κ1) is 16.1. The van der Waals surface area contributed by atoms with Crippen LogP contribution in [0.2, 0.25) is 0 Å². The normalized spacial score (nSPS) is 21.2. The Hall–Kier alpha value is -1.26. The molecule has 1 aromatic carbocycles. The Labute approximate surface area is 128 Å². The molecule has 0 aliphatic carbocycles. The molecule has 118 valence electrons. The third-order valence-electron chi connectivity index (χ3n) is 4.58. The lowest BCUT2D eigenvalue weighted by atomic mass is 9.94. The number of likely N-dealkylation sites (tertiary alicyclic amines) is 1. The van der Waals surface area contributed by atoms with Crippen molar-refractivity contribution in [3.05, 3.63) is 23.8 Å². The first-order valence-electron chi connectivity index (χ1n) is 7.94. The molecule has 0 radical (unpaired) electrons. The second kappa shape index (κ2) is 7.66. The van der Waals surface area contributed by atoms with Crippen LogP contribution in [-0.4, -0.2) is 43.3 Å². The van der Waals surface area contributed by atoms with E-state index < -0.39 is 0 Å². The van der Waals surface area contributed by atoms with Crippen molar-refractivity contribution in [3.63, 3.8) is 0 Å². The summed E-state index contributed by atoms with van der Waals surface area (Å²) >= 11 is 0. The van der Waals surface area contributed by atoms with Gasteiger partial charge in [0.05, 0.1) is 7.11 Å². The van der Waals surface area contributed by atoms with Gasteiger partial charge in [-0.25, -0.2) is 0 Å². The molecule has 2 rings (SSSR count). The predicted octanol–water partition coefficient (Wildman–Crippen LogP) is 2.93. The third kappa shape index (κ3) is 3.89. The van der Waals surface area contributed by atoms with E-state index in [1.807, 2.05) is 13.1 Å². The topological polar surface area (TPSA) is 44.7 Å². The maximum absolute atomic E-state index is 10.2. The molecule has 2 unspecified atom stereocenters. The standard InChI is InChI=1S/C17H28N2O2/c1-13(16-12-15(21-3)7-8-17(16)20)19-11-5-4-6-14(19)9-10-18-2/h7-8,12-14,18,20H,4-6,9-11H2,1-3H3. The molecule has 4 nitrogen and oxygen atoms in total. The van der Waals surface area contributed by atoms with E-state index >= 15 is 0 Å². The Balaban J connectivity index is 2.17. The van der Waals surface area contributed by atoms with Gasteiger partial charge in [-0.3, -0.25) is 4.90 Å². The minimum absolute atomic E-state index is 0.210. The monoisotopic (exact) mass is 292 g/mol. The molecule has 0 aromatic heterocycles. The molecule has 1 heterocycles. The molecule has 1 aliphatic rings. The van der Waals surface area contributed by atoms with Gasteiger partial charge in [0, 0.05) is 17.6 Å². The van der Waals surface area contributed by atoms with Crippen molar-refractivity contribution in [3.8, 4) is 11.5 Å². The minimum atomic E-state index is 0.210. The number of ether oxygens (including phenoxy) is 1. The molecule has 0 spiro atoms. The Morgan fingerprint density at radius 2 is 2.24 bits per heavy atom. The number of aromatic hydroxyl groups is 1. The number of rotatable bonds is 6. The van der Waals surface area contributed by atoms with Gasteiger partial charge in [-0.05, 0) is 64.5 Å². The highest BCUT2D eigenvalue weighted by atomic mass is 16.5. The van der Waals surface area contributed by atoms with Gasteiger partial charge in [0.1, 0.15) is 11.5 Å². The van der Waals surface area contributed by atoms with Crippen LogP contribution >= 0.6 is 0 Å². The summed E-state index contributed by atoms with van der Waals surface area (Å²) in [5.41, 5.74) is 0.964. The molecule has 1 aromatic rings. The van der Waals surface area contributed by atoms with Crippen LogP contribution in [0.15, 0.2) is 18.2 Å². The molecule has 1 fully saturated rings. The van der Waals surface area contributed by atoms with Gasteiger partial charge in [0.15, 0.2) is 0 Å². The third-order valence-corrected chi connectivity index (χ3v) is 4.58. The zero-order valence-electron chi connectivity index (χ0n) is 13.4. The van der Waals surface area contributed by atoms with Crippen LogP contribution in [0.5, 0.6) is 11.5 Å². The molecule has 0 saturated carbocycles. The molecular formula is C17H28N2O2. The molecule has 21 heavy (non-hydrogen) atoms. The van der Waals surface area contributed by atoms with Gasteiger partial charge < -0.3 is 15.2 Å². The second-order valence-corrected chi connectivity index (χ2v) is 5.88. The van der Waals surface area contributed by atoms with Crippen molar-refractivity contribution >= 4 is 0 Å². The van der Waals surface area contributed by atoms with Gasteiger partial charge in [-0.2, -0.15) is 0 Å². The first-order chi connectivity index (χ1) is 10.2. The Morgan fingerprint density at radius 3 is 2.95 bits per heavy atom. The smallest absolute Gasteiger partial charge is 0.120 e. The van der Waals surface area contributed by atoms with Crippen molar-refractivity contribution in [1.82, 2.24) is 10.2 Å². The summed E-state index contributed by atoms with van der Waals surface area (Å²) in [4.78, 5) is 2.54. The van der Waals surface area contributed by atoms with Gasteiger partial charge in [-0.1, -0.05) is 6.42 Å². The highest BCUT2D eigenvalue weighted by Crippen LogP contribution is 2.35. The number of nitrogens with zero attached hydrogens (tertiary/aromatic N) is 1. The summed E-state index contributed by atoms with van der Waals surface area (Å²) in [7, 11) is 3.67. The van der Waals surface area contributed by atoms with Crippen molar-refractivity contribution in [2.24, 2.45) is 0 Å².